The van der Waals surface area contributed by atoms with E-state index in [1.165, 1.54) is 0 Å². The second kappa shape index (κ2) is 2.80. The van der Waals surface area contributed by atoms with Crippen molar-refractivity contribution in [3.63, 3.8) is 0 Å². The van der Waals surface area contributed by atoms with E-state index >= 15 is 0 Å². The van der Waals surface area contributed by atoms with Gasteiger partial charge in [-0.2, -0.15) is 0 Å². The predicted molar refractivity (Wildman–Crippen MR) is 46.3 cm³/mol. The van der Waals surface area contributed by atoms with Crippen molar-refractivity contribution in [3.8, 4) is 0 Å². The molecule has 1 heteroatoms. The Kier molecular flexibility index (Phi) is 2.17. The Morgan fingerprint density at radius 3 is 2.45 bits per heavy atom. The van der Waals surface area contributed by atoms with Gasteiger partial charge in [0.25, 0.3) is 0 Å². The fourth-order valence-corrected chi connectivity index (χ4v) is 1.58. The summed E-state index contributed by atoms with van der Waals surface area (Å²) in [5.41, 5.74) is 0.141. The molecule has 0 amide bonds. The third-order valence-corrected chi connectivity index (χ3v) is 2.29. The highest BCUT2D eigenvalue weighted by Gasteiger charge is 2.30. The molecule has 0 aromatic rings. The Labute approximate surface area is 68.5 Å². The van der Waals surface area contributed by atoms with Crippen LogP contribution in [0.1, 0.15) is 33.6 Å². The molecule has 0 fully saturated rings. The monoisotopic (exact) mass is 152 g/mol. The zero-order chi connectivity index (χ0) is 8.48. The maximum Gasteiger partial charge on any atom is 0.158 e. The average molecular weight is 152 g/mol. The zero-order valence-corrected chi connectivity index (χ0v) is 7.55. The van der Waals surface area contributed by atoms with Crippen LogP contribution in [0.3, 0.4) is 0 Å². The molecule has 1 nitrogen and oxygen atoms in total. The second-order valence-corrected chi connectivity index (χ2v) is 4.30. The van der Waals surface area contributed by atoms with Crippen molar-refractivity contribution in [2.24, 2.45) is 11.3 Å². The van der Waals surface area contributed by atoms with Crippen LogP contribution in [0.25, 0.3) is 0 Å². The quantitative estimate of drug-likeness (QED) is 0.521. The Morgan fingerprint density at radius 2 is 2.09 bits per heavy atom. The minimum atomic E-state index is 0.141. The van der Waals surface area contributed by atoms with Gasteiger partial charge >= 0.3 is 0 Å². The maximum atomic E-state index is 11.4. The van der Waals surface area contributed by atoms with Crippen molar-refractivity contribution >= 4 is 5.78 Å². The van der Waals surface area contributed by atoms with E-state index in [-0.39, 0.29) is 11.3 Å². The summed E-state index contributed by atoms with van der Waals surface area (Å²) in [6, 6.07) is 0. The van der Waals surface area contributed by atoms with E-state index in [1.807, 2.05) is 6.08 Å². The van der Waals surface area contributed by atoms with Crippen molar-refractivity contribution in [1.29, 1.82) is 0 Å². The summed E-state index contributed by atoms with van der Waals surface area (Å²) in [5.74, 6) is 0.552. The highest BCUT2D eigenvalue weighted by Crippen LogP contribution is 2.32. The smallest absolute Gasteiger partial charge is 0.158 e. The number of ketones is 1. The lowest BCUT2D eigenvalue weighted by molar-refractivity contribution is -0.121. The normalized spacial score (nSPS) is 25.7. The SMILES string of the molecule is CC(C)(C)C1CCC=CC1=O. The third kappa shape index (κ3) is 1.92. The third-order valence-electron chi connectivity index (χ3n) is 2.29. The second-order valence-electron chi connectivity index (χ2n) is 4.30. The number of carbonyl (C=O) groups is 1. The lowest BCUT2D eigenvalue weighted by atomic mass is 9.74. The Morgan fingerprint density at radius 1 is 1.45 bits per heavy atom. The lowest BCUT2D eigenvalue weighted by Gasteiger charge is -2.29. The van der Waals surface area contributed by atoms with E-state index in [2.05, 4.69) is 20.8 Å². The van der Waals surface area contributed by atoms with Crippen LogP contribution in [0.5, 0.6) is 0 Å². The molecule has 0 heterocycles. The summed E-state index contributed by atoms with van der Waals surface area (Å²) < 4.78 is 0. The zero-order valence-electron chi connectivity index (χ0n) is 7.55. The van der Waals surface area contributed by atoms with Crippen molar-refractivity contribution in [2.45, 2.75) is 33.6 Å². The first-order valence-electron chi connectivity index (χ1n) is 4.22. The number of carbonyl (C=O) groups excluding carboxylic acids is 1. The van der Waals surface area contributed by atoms with Crippen molar-refractivity contribution in [3.05, 3.63) is 12.2 Å². The highest BCUT2D eigenvalue weighted by molar-refractivity contribution is 5.92. The van der Waals surface area contributed by atoms with E-state index < -0.39 is 0 Å². The summed E-state index contributed by atoms with van der Waals surface area (Å²) in [5, 5.41) is 0. The van der Waals surface area contributed by atoms with Gasteiger partial charge < -0.3 is 0 Å². The first-order chi connectivity index (χ1) is 5.02. The molecule has 0 spiro atoms. The Bertz CT molecular complexity index is 184. The van der Waals surface area contributed by atoms with Crippen LogP contribution in [-0.4, -0.2) is 5.78 Å². The highest BCUT2D eigenvalue weighted by atomic mass is 16.1. The largest absolute Gasteiger partial charge is 0.295 e. The summed E-state index contributed by atoms with van der Waals surface area (Å²) in [4.78, 5) is 11.4. The van der Waals surface area contributed by atoms with Gasteiger partial charge in [0.15, 0.2) is 5.78 Å². The molecule has 0 N–H and O–H groups in total. The van der Waals surface area contributed by atoms with E-state index in [0.29, 0.717) is 5.78 Å². The van der Waals surface area contributed by atoms with Gasteiger partial charge in [0.1, 0.15) is 0 Å². The fraction of sp³-hybridized carbons (Fsp3) is 0.700. The molecule has 1 unspecified atom stereocenters. The van der Waals surface area contributed by atoms with Gasteiger partial charge in [-0.1, -0.05) is 26.8 Å². The molecule has 0 bridgehead atoms. The van der Waals surface area contributed by atoms with Crippen LogP contribution >= 0.6 is 0 Å². The van der Waals surface area contributed by atoms with Crippen LogP contribution in [-0.2, 0) is 4.79 Å². The lowest BCUT2D eigenvalue weighted by Crippen LogP contribution is -2.28. The van der Waals surface area contributed by atoms with E-state index in [9.17, 15) is 4.79 Å². The van der Waals surface area contributed by atoms with Gasteiger partial charge in [0.2, 0.25) is 0 Å². The van der Waals surface area contributed by atoms with Gasteiger partial charge in [-0.3, -0.25) is 4.79 Å². The van der Waals surface area contributed by atoms with Crippen LogP contribution < -0.4 is 0 Å². The number of hydrogen-bond acceptors (Lipinski definition) is 1. The van der Waals surface area contributed by atoms with Gasteiger partial charge in [-0.15, -0.1) is 0 Å². The van der Waals surface area contributed by atoms with Crippen LogP contribution in [0.4, 0.5) is 0 Å². The molecule has 1 aliphatic carbocycles. The van der Waals surface area contributed by atoms with Crippen molar-refractivity contribution < 1.29 is 4.79 Å². The predicted octanol–water partition coefficient (Wildman–Crippen LogP) is 2.57. The van der Waals surface area contributed by atoms with Gasteiger partial charge in [0.05, 0.1) is 0 Å². The van der Waals surface area contributed by atoms with Gasteiger partial charge in [0, 0.05) is 5.92 Å². The molecular formula is C10H16O. The molecule has 11 heavy (non-hydrogen) atoms. The average Bonchev–Trinajstić information content (AvgIpc) is 1.86. The number of hydrogen-bond donors (Lipinski definition) is 0. The topological polar surface area (TPSA) is 17.1 Å². The molecule has 0 aromatic heterocycles. The van der Waals surface area contributed by atoms with Crippen molar-refractivity contribution in [1.82, 2.24) is 0 Å². The summed E-state index contributed by atoms with van der Waals surface area (Å²) in [6.45, 7) is 6.40. The fourth-order valence-electron chi connectivity index (χ4n) is 1.58. The maximum absolute atomic E-state index is 11.4. The summed E-state index contributed by atoms with van der Waals surface area (Å²) >= 11 is 0. The van der Waals surface area contributed by atoms with E-state index in [4.69, 9.17) is 0 Å². The molecule has 0 saturated carbocycles. The Balaban J connectivity index is 2.74. The molecule has 1 atom stereocenters. The number of rotatable bonds is 0. The van der Waals surface area contributed by atoms with Gasteiger partial charge in [-0.25, -0.2) is 0 Å². The minimum absolute atomic E-state index is 0.141. The van der Waals surface area contributed by atoms with E-state index in [1.54, 1.807) is 6.08 Å². The Hall–Kier alpha value is -0.590. The molecule has 0 saturated heterocycles. The minimum Gasteiger partial charge on any atom is -0.295 e. The van der Waals surface area contributed by atoms with Gasteiger partial charge in [-0.05, 0) is 24.3 Å². The summed E-state index contributed by atoms with van der Waals surface area (Å²) in [6.07, 6.45) is 5.80. The molecule has 62 valence electrons. The van der Waals surface area contributed by atoms with Crippen molar-refractivity contribution in [2.75, 3.05) is 0 Å². The van der Waals surface area contributed by atoms with Crippen LogP contribution in [0.15, 0.2) is 12.2 Å². The first kappa shape index (κ1) is 8.51. The summed E-state index contributed by atoms with van der Waals surface area (Å²) in [7, 11) is 0. The van der Waals surface area contributed by atoms with Crippen LogP contribution in [0.2, 0.25) is 0 Å². The molecule has 0 aliphatic heterocycles. The number of allylic oxidation sites excluding steroid dienone is 2. The molecular weight excluding hydrogens is 136 g/mol. The standard InChI is InChI=1S/C10H16O/c1-10(2,3)8-6-4-5-7-9(8)11/h5,7-8H,4,6H2,1-3H3. The van der Waals surface area contributed by atoms with E-state index in [0.717, 1.165) is 12.8 Å². The molecule has 1 aliphatic rings. The van der Waals surface area contributed by atoms with Crippen LogP contribution in [0, 0.1) is 11.3 Å². The first-order valence-corrected chi connectivity index (χ1v) is 4.22. The molecule has 1 rings (SSSR count). The molecule has 0 radical (unpaired) electrons. The molecule has 0 aromatic carbocycles.